The van der Waals surface area contributed by atoms with Crippen molar-refractivity contribution in [2.75, 3.05) is 18.1 Å². The Bertz CT molecular complexity index is 1100. The number of carbonyl (C=O) groups is 1. The lowest BCUT2D eigenvalue weighted by Gasteiger charge is -2.07. The summed E-state index contributed by atoms with van der Waals surface area (Å²) in [5, 5.41) is 2.78. The number of nitrogens with one attached hydrogen (secondary N) is 4. The Balaban J connectivity index is 1.64. The van der Waals surface area contributed by atoms with Gasteiger partial charge in [-0.1, -0.05) is 12.1 Å². The molecule has 3 aromatic rings. The summed E-state index contributed by atoms with van der Waals surface area (Å²) in [6.45, 7) is 0.305. The third kappa shape index (κ3) is 4.58. The predicted molar refractivity (Wildman–Crippen MR) is 99.9 cm³/mol. The first-order chi connectivity index (χ1) is 12.3. The summed E-state index contributed by atoms with van der Waals surface area (Å²) in [6, 6.07) is 12.0. The van der Waals surface area contributed by atoms with Crippen LogP contribution in [0.1, 0.15) is 15.9 Å². The normalized spacial score (nSPS) is 11.6. The molecule has 0 saturated carbocycles. The number of sulfonamides is 1. The summed E-state index contributed by atoms with van der Waals surface area (Å²) in [5.41, 5.74) is 2.95. The lowest BCUT2D eigenvalue weighted by Crippen LogP contribution is -2.24. The third-order valence-corrected chi connectivity index (χ3v) is 4.50. The maximum Gasteiger partial charge on any atom is 0.323 e. The standard InChI is InChI=1S/C17H18N4O4S/c1-26(24,25)18-9-8-11-2-4-12(5-3-11)16(22)19-13-6-7-14-15(10-13)21-17(23)20-14/h2-7,10,18H,8-9H2,1H3,(H,19,22)(H2,20,21,23). The van der Waals surface area contributed by atoms with Crippen LogP contribution in [0.2, 0.25) is 0 Å². The van der Waals surface area contributed by atoms with E-state index in [9.17, 15) is 18.0 Å². The molecule has 8 nitrogen and oxygen atoms in total. The molecule has 0 aliphatic heterocycles. The van der Waals surface area contributed by atoms with E-state index in [0.29, 0.717) is 35.2 Å². The van der Waals surface area contributed by atoms with Gasteiger partial charge in [-0.05, 0) is 42.3 Å². The second-order valence-corrected chi connectivity index (χ2v) is 7.74. The molecule has 1 aromatic heterocycles. The van der Waals surface area contributed by atoms with Crippen LogP contribution in [-0.4, -0.2) is 37.1 Å². The van der Waals surface area contributed by atoms with Crippen LogP contribution in [0.15, 0.2) is 47.3 Å². The summed E-state index contributed by atoms with van der Waals surface area (Å²) in [4.78, 5) is 28.9. The summed E-state index contributed by atoms with van der Waals surface area (Å²) >= 11 is 0. The predicted octanol–water partition coefficient (Wildman–Crippen LogP) is 1.20. The van der Waals surface area contributed by atoms with E-state index < -0.39 is 10.0 Å². The van der Waals surface area contributed by atoms with Crippen LogP contribution in [0.5, 0.6) is 0 Å². The molecule has 136 valence electrons. The molecule has 3 rings (SSSR count). The fraction of sp³-hybridized carbons (Fsp3) is 0.176. The zero-order chi connectivity index (χ0) is 18.7. The van der Waals surface area contributed by atoms with Crippen molar-refractivity contribution in [1.82, 2.24) is 14.7 Å². The van der Waals surface area contributed by atoms with Crippen LogP contribution >= 0.6 is 0 Å². The quantitative estimate of drug-likeness (QED) is 0.517. The minimum Gasteiger partial charge on any atom is -0.322 e. The van der Waals surface area contributed by atoms with Crippen molar-refractivity contribution in [1.29, 1.82) is 0 Å². The van der Waals surface area contributed by atoms with Crippen molar-refractivity contribution in [2.24, 2.45) is 0 Å². The highest BCUT2D eigenvalue weighted by Crippen LogP contribution is 2.16. The van der Waals surface area contributed by atoms with E-state index in [4.69, 9.17) is 0 Å². The van der Waals surface area contributed by atoms with Crippen molar-refractivity contribution in [3.8, 4) is 0 Å². The Morgan fingerprint density at radius 2 is 1.73 bits per heavy atom. The molecule has 0 spiro atoms. The minimum absolute atomic E-state index is 0.275. The largest absolute Gasteiger partial charge is 0.323 e. The molecule has 1 heterocycles. The molecule has 9 heteroatoms. The molecule has 0 radical (unpaired) electrons. The van der Waals surface area contributed by atoms with Gasteiger partial charge in [-0.2, -0.15) is 0 Å². The first-order valence-corrected chi connectivity index (χ1v) is 9.76. The number of anilines is 1. The van der Waals surface area contributed by atoms with E-state index in [1.165, 1.54) is 0 Å². The van der Waals surface area contributed by atoms with Crippen LogP contribution in [0, 0.1) is 0 Å². The van der Waals surface area contributed by atoms with Gasteiger partial charge in [0.05, 0.1) is 17.3 Å². The average molecular weight is 374 g/mol. The van der Waals surface area contributed by atoms with Gasteiger partial charge < -0.3 is 15.3 Å². The molecule has 1 amide bonds. The zero-order valence-electron chi connectivity index (χ0n) is 14.0. The van der Waals surface area contributed by atoms with E-state index >= 15 is 0 Å². The maximum absolute atomic E-state index is 12.3. The first-order valence-electron chi connectivity index (χ1n) is 7.87. The Labute approximate surface area is 149 Å². The Morgan fingerprint density at radius 3 is 2.42 bits per heavy atom. The summed E-state index contributed by atoms with van der Waals surface area (Å²) in [6.07, 6.45) is 1.65. The van der Waals surface area contributed by atoms with Crippen LogP contribution in [0.3, 0.4) is 0 Å². The Morgan fingerprint density at radius 1 is 1.04 bits per heavy atom. The van der Waals surface area contributed by atoms with Crippen molar-refractivity contribution in [2.45, 2.75) is 6.42 Å². The molecule has 0 saturated heterocycles. The minimum atomic E-state index is -3.20. The maximum atomic E-state index is 12.3. The van der Waals surface area contributed by atoms with E-state index in [1.54, 1.807) is 42.5 Å². The summed E-state index contributed by atoms with van der Waals surface area (Å²) in [5.74, 6) is -0.275. The van der Waals surface area contributed by atoms with Gasteiger partial charge in [0.25, 0.3) is 5.91 Å². The van der Waals surface area contributed by atoms with Crippen LogP contribution in [0.25, 0.3) is 11.0 Å². The van der Waals surface area contributed by atoms with Gasteiger partial charge in [-0.15, -0.1) is 0 Å². The van der Waals surface area contributed by atoms with Gasteiger partial charge in [0.1, 0.15) is 0 Å². The summed E-state index contributed by atoms with van der Waals surface area (Å²) < 4.78 is 24.5. The van der Waals surface area contributed by atoms with Crippen LogP contribution < -0.4 is 15.7 Å². The van der Waals surface area contributed by atoms with Gasteiger partial charge >= 0.3 is 5.69 Å². The van der Waals surface area contributed by atoms with E-state index in [0.717, 1.165) is 11.8 Å². The molecule has 0 atom stereocenters. The van der Waals surface area contributed by atoms with Gasteiger partial charge in [0.2, 0.25) is 10.0 Å². The van der Waals surface area contributed by atoms with Crippen LogP contribution in [-0.2, 0) is 16.4 Å². The summed E-state index contributed by atoms with van der Waals surface area (Å²) in [7, 11) is -3.20. The van der Waals surface area contributed by atoms with Crippen molar-refractivity contribution < 1.29 is 13.2 Å². The van der Waals surface area contributed by atoms with E-state index in [-0.39, 0.29) is 11.6 Å². The fourth-order valence-corrected chi connectivity index (χ4v) is 2.99. The molecule has 0 unspecified atom stereocenters. The molecular weight excluding hydrogens is 356 g/mol. The molecule has 4 N–H and O–H groups in total. The first kappa shape index (κ1) is 17.9. The molecule has 2 aromatic carbocycles. The second kappa shape index (κ2) is 7.14. The third-order valence-electron chi connectivity index (χ3n) is 3.77. The number of H-pyrrole nitrogens is 2. The molecular formula is C17H18N4O4S. The molecule has 26 heavy (non-hydrogen) atoms. The van der Waals surface area contributed by atoms with Gasteiger partial charge in [-0.25, -0.2) is 17.9 Å². The Kier molecular flexibility index (Phi) is 4.92. The number of rotatable bonds is 6. The zero-order valence-corrected chi connectivity index (χ0v) is 14.8. The molecule has 0 bridgehead atoms. The number of hydrogen-bond donors (Lipinski definition) is 4. The number of aromatic amines is 2. The van der Waals surface area contributed by atoms with E-state index in [2.05, 4.69) is 20.0 Å². The van der Waals surface area contributed by atoms with Gasteiger partial charge in [0, 0.05) is 17.8 Å². The van der Waals surface area contributed by atoms with Crippen LogP contribution in [0.4, 0.5) is 5.69 Å². The molecule has 0 fully saturated rings. The number of carbonyl (C=O) groups excluding carboxylic acids is 1. The SMILES string of the molecule is CS(=O)(=O)NCCc1ccc(C(=O)Nc2ccc3[nH]c(=O)[nH]c3c2)cc1. The number of aromatic nitrogens is 2. The number of imidazole rings is 1. The smallest absolute Gasteiger partial charge is 0.322 e. The highest BCUT2D eigenvalue weighted by Gasteiger charge is 2.08. The topological polar surface area (TPSA) is 124 Å². The molecule has 0 aliphatic carbocycles. The van der Waals surface area contributed by atoms with Gasteiger partial charge in [-0.3, -0.25) is 4.79 Å². The Hall–Kier alpha value is -2.91. The highest BCUT2D eigenvalue weighted by atomic mass is 32.2. The van der Waals surface area contributed by atoms with Crippen molar-refractivity contribution in [3.05, 3.63) is 64.1 Å². The fourth-order valence-electron chi connectivity index (χ4n) is 2.52. The number of benzene rings is 2. The van der Waals surface area contributed by atoms with Crippen molar-refractivity contribution >= 4 is 32.7 Å². The monoisotopic (exact) mass is 374 g/mol. The lowest BCUT2D eigenvalue weighted by atomic mass is 10.1. The van der Waals surface area contributed by atoms with Gasteiger partial charge in [0.15, 0.2) is 0 Å². The number of amides is 1. The molecule has 0 aliphatic rings. The number of hydrogen-bond acceptors (Lipinski definition) is 4. The highest BCUT2D eigenvalue weighted by molar-refractivity contribution is 7.88. The average Bonchev–Trinajstić information content (AvgIpc) is 2.93. The lowest BCUT2D eigenvalue weighted by molar-refractivity contribution is 0.102. The van der Waals surface area contributed by atoms with E-state index in [1.807, 2.05) is 0 Å². The van der Waals surface area contributed by atoms with Crippen molar-refractivity contribution in [3.63, 3.8) is 0 Å². The number of fused-ring (bicyclic) bond motifs is 1. The second-order valence-electron chi connectivity index (χ2n) is 5.91.